The van der Waals surface area contributed by atoms with Crippen molar-refractivity contribution < 1.29 is 4.39 Å². The van der Waals surface area contributed by atoms with Crippen LogP contribution in [0.4, 0.5) is 10.1 Å². The molecule has 5 heteroatoms. The molecule has 0 aliphatic carbocycles. The van der Waals surface area contributed by atoms with E-state index in [1.54, 1.807) is 12.1 Å². The molecule has 0 spiro atoms. The van der Waals surface area contributed by atoms with Gasteiger partial charge in [0.2, 0.25) is 0 Å². The Kier molecular flexibility index (Phi) is 6.81. The van der Waals surface area contributed by atoms with Gasteiger partial charge in [0.25, 0.3) is 0 Å². The second-order valence-electron chi connectivity index (χ2n) is 5.34. The highest BCUT2D eigenvalue weighted by atomic mass is 35.5. The Labute approximate surface area is 147 Å². The highest BCUT2D eigenvalue weighted by molar-refractivity contribution is 7.80. The molecule has 2 N–H and O–H groups in total. The summed E-state index contributed by atoms with van der Waals surface area (Å²) in [6, 6.07) is 12.8. The average Bonchev–Trinajstić information content (AvgIpc) is 2.53. The molecule has 23 heavy (non-hydrogen) atoms. The van der Waals surface area contributed by atoms with Crippen molar-refractivity contribution in [1.82, 2.24) is 5.32 Å². The van der Waals surface area contributed by atoms with E-state index in [2.05, 4.69) is 29.7 Å². The molecule has 2 aromatic carbocycles. The number of nitrogens with one attached hydrogen (secondary N) is 2. The predicted molar refractivity (Wildman–Crippen MR) is 99.5 cm³/mol. The maximum Gasteiger partial charge on any atom is 0.171 e. The molecule has 0 heterocycles. The molecule has 0 atom stereocenters. The molecular formula is C18H20ClFN2S. The van der Waals surface area contributed by atoms with Crippen molar-refractivity contribution in [3.63, 3.8) is 0 Å². The predicted octanol–water partition coefficient (Wildman–Crippen LogP) is 5.31. The van der Waals surface area contributed by atoms with Crippen molar-refractivity contribution in [2.24, 2.45) is 0 Å². The summed E-state index contributed by atoms with van der Waals surface area (Å²) in [5, 5.41) is 6.94. The molecule has 122 valence electrons. The van der Waals surface area contributed by atoms with Crippen LogP contribution in [0.5, 0.6) is 0 Å². The molecule has 2 rings (SSSR count). The van der Waals surface area contributed by atoms with Crippen molar-refractivity contribution in [1.29, 1.82) is 0 Å². The number of benzene rings is 2. The Morgan fingerprint density at radius 1 is 1.17 bits per heavy atom. The molecule has 0 aliphatic rings. The maximum atomic E-state index is 13.7. The van der Waals surface area contributed by atoms with E-state index in [-0.39, 0.29) is 5.82 Å². The van der Waals surface area contributed by atoms with Crippen molar-refractivity contribution in [3.8, 4) is 0 Å². The summed E-state index contributed by atoms with van der Waals surface area (Å²) in [5.41, 5.74) is 2.76. The molecule has 2 aromatic rings. The monoisotopic (exact) mass is 350 g/mol. The summed E-state index contributed by atoms with van der Waals surface area (Å²) < 4.78 is 13.7. The first-order valence-corrected chi connectivity index (χ1v) is 8.45. The Balaban J connectivity index is 1.84. The number of rotatable bonds is 6. The summed E-state index contributed by atoms with van der Waals surface area (Å²) in [4.78, 5) is 0. The molecule has 0 aliphatic heterocycles. The number of anilines is 1. The van der Waals surface area contributed by atoms with Gasteiger partial charge >= 0.3 is 0 Å². The first-order chi connectivity index (χ1) is 11.1. The van der Waals surface area contributed by atoms with Gasteiger partial charge in [-0.25, -0.2) is 4.39 Å². The van der Waals surface area contributed by atoms with Crippen LogP contribution in [0.25, 0.3) is 0 Å². The van der Waals surface area contributed by atoms with E-state index < -0.39 is 0 Å². The van der Waals surface area contributed by atoms with Crippen molar-refractivity contribution in [2.45, 2.75) is 32.7 Å². The summed E-state index contributed by atoms with van der Waals surface area (Å²) >= 11 is 11.0. The number of hydrogen-bond acceptors (Lipinski definition) is 1. The number of unbranched alkanes of at least 4 members (excludes halogenated alkanes) is 1. The van der Waals surface area contributed by atoms with Gasteiger partial charge in [0, 0.05) is 22.8 Å². The van der Waals surface area contributed by atoms with E-state index in [9.17, 15) is 4.39 Å². The van der Waals surface area contributed by atoms with E-state index >= 15 is 0 Å². The van der Waals surface area contributed by atoms with Crippen LogP contribution in [-0.4, -0.2) is 5.11 Å². The zero-order valence-corrected chi connectivity index (χ0v) is 14.6. The quantitative estimate of drug-likeness (QED) is 0.690. The summed E-state index contributed by atoms with van der Waals surface area (Å²) in [7, 11) is 0. The summed E-state index contributed by atoms with van der Waals surface area (Å²) in [6.45, 7) is 2.49. The summed E-state index contributed by atoms with van der Waals surface area (Å²) in [5.74, 6) is -0.340. The van der Waals surface area contributed by atoms with Gasteiger partial charge < -0.3 is 10.6 Å². The normalized spacial score (nSPS) is 10.4. The molecule has 0 unspecified atom stereocenters. The molecule has 0 radical (unpaired) electrons. The van der Waals surface area contributed by atoms with Crippen LogP contribution in [0.15, 0.2) is 42.5 Å². The van der Waals surface area contributed by atoms with Crippen LogP contribution in [0, 0.1) is 5.82 Å². The third-order valence-corrected chi connectivity index (χ3v) is 3.97. The Morgan fingerprint density at radius 2 is 1.91 bits per heavy atom. The molecule has 0 fully saturated rings. The second-order valence-corrected chi connectivity index (χ2v) is 6.19. The number of aryl methyl sites for hydroxylation is 1. The van der Waals surface area contributed by atoms with Gasteiger partial charge in [-0.2, -0.15) is 0 Å². The smallest absolute Gasteiger partial charge is 0.171 e. The summed E-state index contributed by atoms with van der Waals surface area (Å²) in [6.07, 6.45) is 3.48. The van der Waals surface area contributed by atoms with E-state index in [1.807, 2.05) is 12.1 Å². The van der Waals surface area contributed by atoms with Crippen LogP contribution < -0.4 is 10.6 Å². The lowest BCUT2D eigenvalue weighted by Crippen LogP contribution is -2.28. The first-order valence-electron chi connectivity index (χ1n) is 7.66. The van der Waals surface area contributed by atoms with E-state index in [1.165, 1.54) is 24.5 Å². The number of halogens is 2. The minimum atomic E-state index is -0.340. The fraction of sp³-hybridized carbons (Fsp3) is 0.278. The second kappa shape index (κ2) is 8.85. The Bertz CT molecular complexity index is 659. The zero-order valence-electron chi connectivity index (χ0n) is 13.0. The van der Waals surface area contributed by atoms with Crippen LogP contribution in [0.2, 0.25) is 5.02 Å². The van der Waals surface area contributed by atoms with Gasteiger partial charge in [-0.15, -0.1) is 0 Å². The molecular weight excluding hydrogens is 331 g/mol. The van der Waals surface area contributed by atoms with Crippen LogP contribution in [-0.2, 0) is 13.0 Å². The average molecular weight is 351 g/mol. The largest absolute Gasteiger partial charge is 0.358 e. The highest BCUT2D eigenvalue weighted by Crippen LogP contribution is 2.15. The van der Waals surface area contributed by atoms with Gasteiger partial charge in [0.1, 0.15) is 5.82 Å². The van der Waals surface area contributed by atoms with Gasteiger partial charge in [0.05, 0.1) is 0 Å². The van der Waals surface area contributed by atoms with Gasteiger partial charge in [-0.1, -0.05) is 43.1 Å². The molecule has 0 saturated heterocycles. The maximum absolute atomic E-state index is 13.7. The van der Waals surface area contributed by atoms with Gasteiger partial charge in [0.15, 0.2) is 5.11 Å². The van der Waals surface area contributed by atoms with E-state index in [0.717, 1.165) is 12.1 Å². The molecule has 2 nitrogen and oxygen atoms in total. The highest BCUT2D eigenvalue weighted by Gasteiger charge is 2.04. The number of thiocarbonyl (C=S) groups is 1. The lowest BCUT2D eigenvalue weighted by atomic mass is 10.1. The standard InChI is InChI=1S/C18H20ClFN2S/c1-2-3-4-13-5-9-16(10-6-13)22-18(23)21-12-14-7-8-15(19)11-17(14)20/h5-11H,2-4,12H2,1H3,(H2,21,22,23). The topological polar surface area (TPSA) is 24.1 Å². The van der Waals surface area contributed by atoms with E-state index in [0.29, 0.717) is 22.2 Å². The molecule has 0 aromatic heterocycles. The van der Waals surface area contributed by atoms with Crippen molar-refractivity contribution in [3.05, 3.63) is 64.4 Å². The van der Waals surface area contributed by atoms with Crippen molar-refractivity contribution in [2.75, 3.05) is 5.32 Å². The Hall–Kier alpha value is -1.65. The first kappa shape index (κ1) is 17.7. The van der Waals surface area contributed by atoms with Crippen LogP contribution >= 0.6 is 23.8 Å². The van der Waals surface area contributed by atoms with Gasteiger partial charge in [-0.3, -0.25) is 0 Å². The van der Waals surface area contributed by atoms with Crippen LogP contribution in [0.1, 0.15) is 30.9 Å². The SMILES string of the molecule is CCCCc1ccc(NC(=S)NCc2ccc(Cl)cc2F)cc1. The minimum absolute atomic E-state index is 0.309. The fourth-order valence-electron chi connectivity index (χ4n) is 2.15. The van der Waals surface area contributed by atoms with Crippen LogP contribution in [0.3, 0.4) is 0 Å². The lowest BCUT2D eigenvalue weighted by Gasteiger charge is -2.11. The fourth-order valence-corrected chi connectivity index (χ4v) is 2.50. The van der Waals surface area contributed by atoms with E-state index in [4.69, 9.17) is 23.8 Å². The minimum Gasteiger partial charge on any atom is -0.358 e. The zero-order chi connectivity index (χ0) is 16.7. The molecule has 0 saturated carbocycles. The molecule has 0 amide bonds. The lowest BCUT2D eigenvalue weighted by molar-refractivity contribution is 0.606. The van der Waals surface area contributed by atoms with Crippen molar-refractivity contribution >= 4 is 34.6 Å². The third-order valence-electron chi connectivity index (χ3n) is 3.49. The molecule has 0 bridgehead atoms. The number of hydrogen-bond donors (Lipinski definition) is 2. The Morgan fingerprint density at radius 3 is 2.57 bits per heavy atom. The van der Waals surface area contributed by atoms with Gasteiger partial charge in [-0.05, 0) is 54.9 Å². The third kappa shape index (κ3) is 5.81.